The molecule has 22 heavy (non-hydrogen) atoms. The number of aliphatic carboxylic acids is 1. The lowest BCUT2D eigenvalue weighted by Crippen LogP contribution is -2.39. The van der Waals surface area contributed by atoms with Gasteiger partial charge in [0.2, 0.25) is 5.91 Å². The molecule has 8 nitrogen and oxygen atoms in total. The van der Waals surface area contributed by atoms with Crippen molar-refractivity contribution in [3.8, 4) is 0 Å². The van der Waals surface area contributed by atoms with Crippen LogP contribution in [0.2, 0.25) is 0 Å². The molecule has 2 rings (SSSR count). The number of nitrogens with one attached hydrogen (secondary N) is 2. The van der Waals surface area contributed by atoms with E-state index in [2.05, 4.69) is 15.4 Å². The number of carbonyl (C=O) groups excluding carboxylic acids is 1. The number of aromatic nitrogens is 3. The maximum Gasteiger partial charge on any atom is 0.325 e. The molecule has 0 bridgehead atoms. The first-order valence-electron chi connectivity index (χ1n) is 6.79. The van der Waals surface area contributed by atoms with Crippen molar-refractivity contribution < 1.29 is 14.7 Å². The summed E-state index contributed by atoms with van der Waals surface area (Å²) < 4.78 is 1.54. The molecular weight excluding hydrogens is 288 g/mol. The molecule has 8 heteroatoms. The summed E-state index contributed by atoms with van der Waals surface area (Å²) in [6, 6.07) is -0.968. The number of aromatic amines is 1. The van der Waals surface area contributed by atoms with Gasteiger partial charge in [0.15, 0.2) is 5.65 Å². The zero-order valence-corrected chi connectivity index (χ0v) is 12.9. The Morgan fingerprint density at radius 2 is 2.05 bits per heavy atom. The highest BCUT2D eigenvalue weighted by Gasteiger charge is 2.19. The minimum Gasteiger partial charge on any atom is -0.480 e. The smallest absolute Gasteiger partial charge is 0.325 e. The molecule has 0 aromatic carbocycles. The van der Waals surface area contributed by atoms with Crippen molar-refractivity contribution in [3.05, 3.63) is 27.2 Å². The van der Waals surface area contributed by atoms with Crippen LogP contribution in [-0.4, -0.2) is 37.8 Å². The zero-order valence-electron chi connectivity index (χ0n) is 12.9. The van der Waals surface area contributed by atoms with Crippen LogP contribution < -0.4 is 10.9 Å². The van der Waals surface area contributed by atoms with Gasteiger partial charge in [-0.1, -0.05) is 0 Å². The van der Waals surface area contributed by atoms with E-state index in [0.29, 0.717) is 27.9 Å². The molecule has 1 atom stereocenters. The van der Waals surface area contributed by atoms with Gasteiger partial charge in [-0.25, -0.2) is 4.98 Å². The number of rotatable bonds is 4. The lowest BCUT2D eigenvalue weighted by atomic mass is 10.0. The zero-order chi connectivity index (χ0) is 16.6. The molecule has 0 aliphatic carbocycles. The summed E-state index contributed by atoms with van der Waals surface area (Å²) in [5.74, 6) is -1.52. The standard InChI is InChI=1S/C14H18N4O4/c1-6-9(5-10(19)15-8(3)14(21)22)7(2)16-12-11(6)13(20)17-18(12)4/h8H,5H2,1-4H3,(H,15,19)(H,17,20)(H,21,22)/t8-/m1/s1. The summed E-state index contributed by atoms with van der Waals surface area (Å²) in [6.07, 6.45) is -0.0213. The minimum absolute atomic E-state index is 0.0213. The second-order valence-corrected chi connectivity index (χ2v) is 5.30. The summed E-state index contributed by atoms with van der Waals surface area (Å²) in [7, 11) is 1.69. The van der Waals surface area contributed by atoms with Crippen molar-refractivity contribution >= 4 is 22.9 Å². The summed E-state index contributed by atoms with van der Waals surface area (Å²) in [5, 5.41) is 14.3. The summed E-state index contributed by atoms with van der Waals surface area (Å²) >= 11 is 0. The number of carboxylic acids is 1. The second kappa shape index (κ2) is 5.63. The number of nitrogens with zero attached hydrogens (tertiary/aromatic N) is 2. The van der Waals surface area contributed by atoms with Gasteiger partial charge in [0.05, 0.1) is 11.8 Å². The Morgan fingerprint density at radius 1 is 1.41 bits per heavy atom. The van der Waals surface area contributed by atoms with E-state index in [1.807, 2.05) is 0 Å². The third-order valence-electron chi connectivity index (χ3n) is 3.66. The Morgan fingerprint density at radius 3 is 2.64 bits per heavy atom. The highest BCUT2D eigenvalue weighted by atomic mass is 16.4. The number of pyridine rings is 1. The molecule has 2 aromatic rings. The van der Waals surface area contributed by atoms with Crippen molar-refractivity contribution in [3.63, 3.8) is 0 Å². The van der Waals surface area contributed by atoms with E-state index in [1.165, 1.54) is 11.6 Å². The van der Waals surface area contributed by atoms with Crippen molar-refractivity contribution in [1.82, 2.24) is 20.1 Å². The number of fused-ring (bicyclic) bond motifs is 1. The van der Waals surface area contributed by atoms with E-state index in [0.717, 1.165) is 0 Å². The van der Waals surface area contributed by atoms with Crippen molar-refractivity contribution in [2.45, 2.75) is 33.2 Å². The molecule has 118 valence electrons. The first kappa shape index (κ1) is 15.7. The van der Waals surface area contributed by atoms with E-state index in [9.17, 15) is 14.4 Å². The van der Waals surface area contributed by atoms with Gasteiger partial charge in [0, 0.05) is 12.7 Å². The van der Waals surface area contributed by atoms with Crippen LogP contribution in [0.25, 0.3) is 11.0 Å². The van der Waals surface area contributed by atoms with Gasteiger partial charge in [0.25, 0.3) is 5.56 Å². The molecule has 1 amide bonds. The van der Waals surface area contributed by atoms with Crippen LogP contribution in [0.15, 0.2) is 4.79 Å². The third kappa shape index (κ3) is 2.72. The van der Waals surface area contributed by atoms with Gasteiger partial charge in [-0.2, -0.15) is 0 Å². The average molecular weight is 306 g/mol. The van der Waals surface area contributed by atoms with E-state index < -0.39 is 17.9 Å². The first-order valence-corrected chi connectivity index (χ1v) is 6.79. The van der Waals surface area contributed by atoms with Gasteiger partial charge < -0.3 is 10.4 Å². The van der Waals surface area contributed by atoms with Crippen LogP contribution in [0.3, 0.4) is 0 Å². The molecule has 0 fully saturated rings. The molecule has 3 N–H and O–H groups in total. The van der Waals surface area contributed by atoms with Crippen molar-refractivity contribution in [1.29, 1.82) is 0 Å². The van der Waals surface area contributed by atoms with Crippen molar-refractivity contribution in [2.24, 2.45) is 7.05 Å². The van der Waals surface area contributed by atoms with E-state index >= 15 is 0 Å². The number of hydrogen-bond donors (Lipinski definition) is 3. The second-order valence-electron chi connectivity index (χ2n) is 5.30. The monoisotopic (exact) mass is 306 g/mol. The van der Waals surface area contributed by atoms with Gasteiger partial charge in [-0.05, 0) is 31.9 Å². The van der Waals surface area contributed by atoms with Crippen LogP contribution in [0.4, 0.5) is 0 Å². The largest absolute Gasteiger partial charge is 0.480 e. The normalized spacial score (nSPS) is 12.4. The topological polar surface area (TPSA) is 117 Å². The first-order chi connectivity index (χ1) is 10.2. The molecule has 0 radical (unpaired) electrons. The highest BCUT2D eigenvalue weighted by Crippen LogP contribution is 2.20. The fourth-order valence-electron chi connectivity index (χ4n) is 2.42. The maximum atomic E-state index is 12.0. The van der Waals surface area contributed by atoms with E-state index in [1.54, 1.807) is 20.9 Å². The number of carboxylic acid groups (broad SMARTS) is 1. The van der Waals surface area contributed by atoms with Crippen LogP contribution in [0, 0.1) is 13.8 Å². The highest BCUT2D eigenvalue weighted by molar-refractivity contribution is 5.87. The number of hydrogen-bond acceptors (Lipinski definition) is 4. The Labute approximate surface area is 126 Å². The number of carbonyl (C=O) groups is 2. The van der Waals surface area contributed by atoms with Crippen molar-refractivity contribution in [2.75, 3.05) is 0 Å². The minimum atomic E-state index is -1.10. The lowest BCUT2D eigenvalue weighted by Gasteiger charge is -2.12. The Balaban J connectivity index is 2.40. The number of amides is 1. The Hall–Kier alpha value is -2.64. The molecule has 0 saturated heterocycles. The van der Waals surface area contributed by atoms with Crippen LogP contribution in [0.5, 0.6) is 0 Å². The maximum absolute atomic E-state index is 12.0. The number of H-pyrrole nitrogens is 1. The molecule has 0 unspecified atom stereocenters. The van der Waals surface area contributed by atoms with Crippen LogP contribution in [-0.2, 0) is 23.1 Å². The SMILES string of the molecule is Cc1nc2c(c(C)c1CC(=O)N[C@H](C)C(=O)O)c(=O)[nH]n2C. The molecule has 0 aliphatic rings. The summed E-state index contributed by atoms with van der Waals surface area (Å²) in [4.78, 5) is 39.0. The Kier molecular flexibility index (Phi) is 4.03. The Bertz CT molecular complexity index is 818. The summed E-state index contributed by atoms with van der Waals surface area (Å²) in [5.41, 5.74) is 2.23. The van der Waals surface area contributed by atoms with Crippen LogP contribution >= 0.6 is 0 Å². The van der Waals surface area contributed by atoms with Crippen LogP contribution in [0.1, 0.15) is 23.7 Å². The quantitative estimate of drug-likeness (QED) is 0.735. The van der Waals surface area contributed by atoms with Gasteiger partial charge in [-0.3, -0.25) is 24.2 Å². The fraction of sp³-hybridized carbons (Fsp3) is 0.429. The molecule has 0 saturated carbocycles. The molecular formula is C14H18N4O4. The lowest BCUT2D eigenvalue weighted by molar-refractivity contribution is -0.141. The van der Waals surface area contributed by atoms with Gasteiger partial charge in [0.1, 0.15) is 6.04 Å². The molecule has 2 heterocycles. The van der Waals surface area contributed by atoms with Gasteiger partial charge >= 0.3 is 5.97 Å². The van der Waals surface area contributed by atoms with E-state index in [-0.39, 0.29) is 12.0 Å². The molecule has 0 spiro atoms. The summed E-state index contributed by atoms with van der Waals surface area (Å²) in [6.45, 7) is 4.91. The molecule has 0 aliphatic heterocycles. The number of aryl methyl sites for hydroxylation is 3. The van der Waals surface area contributed by atoms with E-state index in [4.69, 9.17) is 5.11 Å². The van der Waals surface area contributed by atoms with Gasteiger partial charge in [-0.15, -0.1) is 0 Å². The average Bonchev–Trinajstić information content (AvgIpc) is 2.69. The predicted octanol–water partition coefficient (Wildman–Crippen LogP) is 0.0102. The third-order valence-corrected chi connectivity index (χ3v) is 3.66. The molecule has 2 aromatic heterocycles. The fourth-order valence-corrected chi connectivity index (χ4v) is 2.42. The predicted molar refractivity (Wildman–Crippen MR) is 79.8 cm³/mol.